The molecule has 3 rings (SSSR count). The number of rotatable bonds is 6. The number of amides is 1. The first-order valence-corrected chi connectivity index (χ1v) is 8.83. The van der Waals surface area contributed by atoms with Crippen molar-refractivity contribution in [2.75, 3.05) is 0 Å². The standard InChI is InChI=1S/C19H15ClN2O2S/c20-17-4-2-1-3-15(17)7-10-18(23)22-13-14-5-8-16(9-6-14)24-19-21-11-12-25-19/h1-12H,13H2,(H,22,23)/b10-7+. The minimum Gasteiger partial charge on any atom is -0.431 e. The van der Waals surface area contributed by atoms with Gasteiger partial charge in [0.1, 0.15) is 5.75 Å². The number of nitrogens with zero attached hydrogens (tertiary/aromatic N) is 1. The topological polar surface area (TPSA) is 51.2 Å². The van der Waals surface area contributed by atoms with Gasteiger partial charge in [-0.15, -0.1) is 0 Å². The molecule has 6 heteroatoms. The summed E-state index contributed by atoms with van der Waals surface area (Å²) in [6.07, 6.45) is 4.86. The van der Waals surface area contributed by atoms with E-state index in [1.165, 1.54) is 17.4 Å². The van der Waals surface area contributed by atoms with Gasteiger partial charge in [0.2, 0.25) is 5.91 Å². The smallest absolute Gasteiger partial charge is 0.278 e. The molecule has 0 atom stereocenters. The van der Waals surface area contributed by atoms with Gasteiger partial charge in [0.25, 0.3) is 5.19 Å². The molecule has 1 aromatic heterocycles. The largest absolute Gasteiger partial charge is 0.431 e. The molecule has 1 N–H and O–H groups in total. The fraction of sp³-hybridized carbons (Fsp3) is 0.0526. The predicted molar refractivity (Wildman–Crippen MR) is 101 cm³/mol. The zero-order chi connectivity index (χ0) is 17.5. The minimum atomic E-state index is -0.178. The zero-order valence-corrected chi connectivity index (χ0v) is 14.8. The maximum Gasteiger partial charge on any atom is 0.278 e. The van der Waals surface area contributed by atoms with Crippen LogP contribution in [0.2, 0.25) is 5.02 Å². The summed E-state index contributed by atoms with van der Waals surface area (Å²) < 4.78 is 5.59. The van der Waals surface area contributed by atoms with E-state index in [2.05, 4.69) is 10.3 Å². The molecule has 126 valence electrons. The van der Waals surface area contributed by atoms with Gasteiger partial charge in [-0.3, -0.25) is 4.79 Å². The summed E-state index contributed by atoms with van der Waals surface area (Å²) in [5.41, 5.74) is 1.79. The summed E-state index contributed by atoms with van der Waals surface area (Å²) in [6.45, 7) is 0.434. The Hall–Kier alpha value is -2.63. The Balaban J connectivity index is 1.51. The Morgan fingerprint density at radius 1 is 1.20 bits per heavy atom. The van der Waals surface area contributed by atoms with Crippen LogP contribution in [-0.4, -0.2) is 10.9 Å². The van der Waals surface area contributed by atoms with Crippen LogP contribution in [0.3, 0.4) is 0 Å². The molecule has 4 nitrogen and oxygen atoms in total. The van der Waals surface area contributed by atoms with Crippen LogP contribution in [0.25, 0.3) is 6.08 Å². The summed E-state index contributed by atoms with van der Waals surface area (Å²) in [5, 5.41) is 5.91. The van der Waals surface area contributed by atoms with Gasteiger partial charge in [0, 0.05) is 29.2 Å². The molecule has 2 aromatic carbocycles. The van der Waals surface area contributed by atoms with Crippen molar-refractivity contribution in [2.24, 2.45) is 0 Å². The van der Waals surface area contributed by atoms with Crippen molar-refractivity contribution < 1.29 is 9.53 Å². The van der Waals surface area contributed by atoms with Crippen molar-refractivity contribution >= 4 is 34.9 Å². The van der Waals surface area contributed by atoms with Gasteiger partial charge in [0.15, 0.2) is 0 Å². The molecular weight excluding hydrogens is 356 g/mol. The van der Waals surface area contributed by atoms with Crippen molar-refractivity contribution in [2.45, 2.75) is 6.54 Å². The molecule has 0 radical (unpaired) electrons. The second-order valence-corrected chi connectivity index (χ2v) is 6.38. The van der Waals surface area contributed by atoms with E-state index in [0.29, 0.717) is 22.5 Å². The molecule has 1 heterocycles. The Morgan fingerprint density at radius 3 is 2.72 bits per heavy atom. The Morgan fingerprint density at radius 2 is 2.00 bits per heavy atom. The lowest BCUT2D eigenvalue weighted by atomic mass is 10.2. The third kappa shape index (κ3) is 5.17. The molecular formula is C19H15ClN2O2S. The summed E-state index contributed by atoms with van der Waals surface area (Å²) in [4.78, 5) is 16.0. The third-order valence-corrected chi connectivity index (χ3v) is 4.32. The first kappa shape index (κ1) is 17.2. The lowest BCUT2D eigenvalue weighted by molar-refractivity contribution is -0.116. The van der Waals surface area contributed by atoms with Gasteiger partial charge in [-0.25, -0.2) is 4.98 Å². The fourth-order valence-corrected chi connectivity index (χ4v) is 2.76. The van der Waals surface area contributed by atoms with E-state index in [1.54, 1.807) is 18.3 Å². The molecule has 0 aliphatic rings. The van der Waals surface area contributed by atoms with E-state index in [-0.39, 0.29) is 5.91 Å². The van der Waals surface area contributed by atoms with Gasteiger partial charge in [-0.05, 0) is 35.4 Å². The van der Waals surface area contributed by atoms with Gasteiger partial charge in [0.05, 0.1) is 0 Å². The second-order valence-electron chi connectivity index (χ2n) is 5.12. The van der Waals surface area contributed by atoms with Crippen LogP contribution in [0.1, 0.15) is 11.1 Å². The van der Waals surface area contributed by atoms with Crippen LogP contribution in [0.15, 0.2) is 66.2 Å². The molecule has 25 heavy (non-hydrogen) atoms. The van der Waals surface area contributed by atoms with E-state index in [1.807, 2.05) is 47.8 Å². The molecule has 0 unspecified atom stereocenters. The summed E-state index contributed by atoms with van der Waals surface area (Å²) >= 11 is 7.48. The highest BCUT2D eigenvalue weighted by molar-refractivity contribution is 7.11. The first-order chi connectivity index (χ1) is 12.2. The molecule has 0 saturated carbocycles. The number of hydrogen-bond donors (Lipinski definition) is 1. The van der Waals surface area contributed by atoms with Crippen molar-refractivity contribution in [3.05, 3.63) is 82.3 Å². The van der Waals surface area contributed by atoms with E-state index < -0.39 is 0 Å². The normalized spacial score (nSPS) is 10.8. The minimum absolute atomic E-state index is 0.178. The van der Waals surface area contributed by atoms with Crippen LogP contribution in [0.4, 0.5) is 0 Å². The quantitative estimate of drug-likeness (QED) is 0.626. The molecule has 0 aliphatic heterocycles. The maximum atomic E-state index is 11.9. The highest BCUT2D eigenvalue weighted by atomic mass is 35.5. The second kappa shape index (κ2) is 8.46. The van der Waals surface area contributed by atoms with Crippen LogP contribution < -0.4 is 10.1 Å². The Kier molecular flexibility index (Phi) is 5.82. The number of hydrogen-bond acceptors (Lipinski definition) is 4. The lowest BCUT2D eigenvalue weighted by Gasteiger charge is -2.05. The summed E-state index contributed by atoms with van der Waals surface area (Å²) in [5.74, 6) is 0.534. The predicted octanol–water partition coefficient (Wildman–Crippen LogP) is 4.92. The van der Waals surface area contributed by atoms with Crippen LogP contribution >= 0.6 is 22.9 Å². The van der Waals surface area contributed by atoms with Crippen LogP contribution in [-0.2, 0) is 11.3 Å². The molecule has 0 spiro atoms. The fourth-order valence-electron chi connectivity index (χ4n) is 2.06. The highest BCUT2D eigenvalue weighted by Gasteiger charge is 2.01. The van der Waals surface area contributed by atoms with Crippen molar-refractivity contribution in [1.82, 2.24) is 10.3 Å². The Bertz CT molecular complexity index is 861. The number of thiazole rings is 1. The van der Waals surface area contributed by atoms with Crippen molar-refractivity contribution in [3.8, 4) is 10.9 Å². The molecule has 3 aromatic rings. The molecule has 0 aliphatic carbocycles. The van der Waals surface area contributed by atoms with Crippen LogP contribution in [0.5, 0.6) is 10.9 Å². The van der Waals surface area contributed by atoms with E-state index >= 15 is 0 Å². The van der Waals surface area contributed by atoms with E-state index in [4.69, 9.17) is 16.3 Å². The zero-order valence-electron chi connectivity index (χ0n) is 13.2. The number of nitrogens with one attached hydrogen (secondary N) is 1. The van der Waals surface area contributed by atoms with Gasteiger partial charge >= 0.3 is 0 Å². The number of carbonyl (C=O) groups is 1. The average Bonchev–Trinajstić information content (AvgIpc) is 3.13. The van der Waals surface area contributed by atoms with Crippen LogP contribution in [0, 0.1) is 0 Å². The van der Waals surface area contributed by atoms with Crippen molar-refractivity contribution in [1.29, 1.82) is 0 Å². The van der Waals surface area contributed by atoms with Gasteiger partial charge in [-0.1, -0.05) is 53.3 Å². The first-order valence-electron chi connectivity index (χ1n) is 7.57. The lowest BCUT2D eigenvalue weighted by Crippen LogP contribution is -2.20. The number of benzene rings is 2. The maximum absolute atomic E-state index is 11.9. The van der Waals surface area contributed by atoms with Gasteiger partial charge in [-0.2, -0.15) is 0 Å². The third-order valence-electron chi connectivity index (χ3n) is 3.32. The summed E-state index contributed by atoms with van der Waals surface area (Å²) in [7, 11) is 0. The molecule has 1 amide bonds. The summed E-state index contributed by atoms with van der Waals surface area (Å²) in [6, 6.07) is 14.9. The SMILES string of the molecule is O=C(/C=C/c1ccccc1Cl)NCc1ccc(Oc2nccs2)cc1. The molecule has 0 fully saturated rings. The monoisotopic (exact) mass is 370 g/mol. The van der Waals surface area contributed by atoms with Crippen molar-refractivity contribution in [3.63, 3.8) is 0 Å². The number of aromatic nitrogens is 1. The van der Waals surface area contributed by atoms with E-state index in [0.717, 1.165) is 11.1 Å². The average molecular weight is 371 g/mol. The highest BCUT2D eigenvalue weighted by Crippen LogP contribution is 2.23. The number of carbonyl (C=O) groups excluding carboxylic acids is 1. The number of halogens is 1. The van der Waals surface area contributed by atoms with Gasteiger partial charge < -0.3 is 10.1 Å². The molecule has 0 bridgehead atoms. The number of ether oxygens (including phenoxy) is 1. The molecule has 0 saturated heterocycles. The Labute approximate surface area is 154 Å². The van der Waals surface area contributed by atoms with E-state index in [9.17, 15) is 4.79 Å².